The number of amides is 1. The maximum Gasteiger partial charge on any atom is 0.255 e. The quantitative estimate of drug-likeness (QED) is 0.832. The van der Waals surface area contributed by atoms with Crippen LogP contribution in [0.5, 0.6) is 0 Å². The van der Waals surface area contributed by atoms with Crippen LogP contribution in [-0.4, -0.2) is 12.5 Å². The van der Waals surface area contributed by atoms with E-state index in [1.807, 2.05) is 6.92 Å². The van der Waals surface area contributed by atoms with Gasteiger partial charge in [-0.15, -0.1) is 0 Å². The van der Waals surface area contributed by atoms with Gasteiger partial charge in [-0.2, -0.15) is 0 Å². The Labute approximate surface area is 123 Å². The number of hydrogen-bond acceptors (Lipinski definition) is 2. The zero-order valence-corrected chi connectivity index (χ0v) is 11.6. The molecule has 0 saturated carbocycles. The third-order valence-electron chi connectivity index (χ3n) is 2.95. The topological polar surface area (TPSA) is 55.1 Å². The van der Waals surface area contributed by atoms with Crippen molar-refractivity contribution < 1.29 is 9.18 Å². The summed E-state index contributed by atoms with van der Waals surface area (Å²) >= 11 is 0. The van der Waals surface area contributed by atoms with Crippen LogP contribution in [0.25, 0.3) is 0 Å². The van der Waals surface area contributed by atoms with Gasteiger partial charge in [-0.1, -0.05) is 30.0 Å². The van der Waals surface area contributed by atoms with E-state index in [4.69, 9.17) is 5.73 Å². The Hall–Kier alpha value is -2.64. The molecule has 0 atom stereocenters. The number of carbonyl (C=O) groups is 1. The summed E-state index contributed by atoms with van der Waals surface area (Å²) in [5.74, 6) is 4.82. The summed E-state index contributed by atoms with van der Waals surface area (Å²) in [6, 6.07) is 11.2. The lowest BCUT2D eigenvalue weighted by Crippen LogP contribution is -2.13. The Morgan fingerprint density at radius 3 is 2.76 bits per heavy atom. The van der Waals surface area contributed by atoms with Gasteiger partial charge in [0, 0.05) is 11.1 Å². The third kappa shape index (κ3) is 3.68. The molecule has 0 aliphatic heterocycles. The van der Waals surface area contributed by atoms with Crippen molar-refractivity contribution in [3.8, 4) is 11.8 Å². The standard InChI is InChI=1S/C17H15FN2O/c1-12-8-9-14(11-13(12)5-4-10-19)17(21)20-16-7-3-2-6-15(16)18/h2-3,6-9,11H,10,19H2,1H3,(H,20,21). The van der Waals surface area contributed by atoms with Crippen molar-refractivity contribution in [2.75, 3.05) is 11.9 Å². The second-order valence-corrected chi connectivity index (χ2v) is 4.47. The molecule has 0 unspecified atom stereocenters. The van der Waals surface area contributed by atoms with Gasteiger partial charge >= 0.3 is 0 Å². The Balaban J connectivity index is 2.26. The molecule has 3 N–H and O–H groups in total. The first-order chi connectivity index (χ1) is 10.1. The maximum absolute atomic E-state index is 13.5. The van der Waals surface area contributed by atoms with Gasteiger partial charge in [0.15, 0.2) is 0 Å². The van der Waals surface area contributed by atoms with Crippen LogP contribution >= 0.6 is 0 Å². The molecule has 2 aromatic rings. The second-order valence-electron chi connectivity index (χ2n) is 4.47. The number of nitrogens with one attached hydrogen (secondary N) is 1. The Bertz CT molecular complexity index is 729. The highest BCUT2D eigenvalue weighted by atomic mass is 19.1. The smallest absolute Gasteiger partial charge is 0.255 e. The molecule has 4 heteroatoms. The predicted molar refractivity (Wildman–Crippen MR) is 81.5 cm³/mol. The molecule has 0 aliphatic carbocycles. The SMILES string of the molecule is Cc1ccc(C(=O)Nc2ccccc2F)cc1C#CCN. The highest BCUT2D eigenvalue weighted by Crippen LogP contribution is 2.15. The van der Waals surface area contributed by atoms with Gasteiger partial charge in [-0.05, 0) is 36.8 Å². The van der Waals surface area contributed by atoms with Crippen LogP contribution < -0.4 is 11.1 Å². The highest BCUT2D eigenvalue weighted by Gasteiger charge is 2.10. The van der Waals surface area contributed by atoms with Crippen LogP contribution in [0, 0.1) is 24.6 Å². The van der Waals surface area contributed by atoms with Crippen LogP contribution in [0.15, 0.2) is 42.5 Å². The van der Waals surface area contributed by atoms with Gasteiger partial charge in [0.25, 0.3) is 5.91 Å². The molecular weight excluding hydrogens is 267 g/mol. The normalized spacial score (nSPS) is 9.67. The van der Waals surface area contributed by atoms with Crippen LogP contribution in [0.1, 0.15) is 21.5 Å². The minimum Gasteiger partial charge on any atom is -0.320 e. The molecule has 0 fully saturated rings. The molecule has 0 aliphatic rings. The van der Waals surface area contributed by atoms with E-state index < -0.39 is 5.82 Å². The highest BCUT2D eigenvalue weighted by molar-refractivity contribution is 6.04. The molecule has 0 heterocycles. The maximum atomic E-state index is 13.5. The van der Waals surface area contributed by atoms with E-state index in [1.54, 1.807) is 30.3 Å². The molecule has 2 rings (SSSR count). The number of halogens is 1. The summed E-state index contributed by atoms with van der Waals surface area (Å²) in [7, 11) is 0. The molecule has 0 spiro atoms. The van der Waals surface area contributed by atoms with E-state index in [1.165, 1.54) is 12.1 Å². The van der Waals surface area contributed by atoms with Crippen molar-refractivity contribution in [1.82, 2.24) is 0 Å². The zero-order chi connectivity index (χ0) is 15.2. The average Bonchev–Trinajstić information content (AvgIpc) is 2.48. The van der Waals surface area contributed by atoms with Gasteiger partial charge in [-0.3, -0.25) is 4.79 Å². The second kappa shape index (κ2) is 6.69. The van der Waals surface area contributed by atoms with E-state index in [0.717, 1.165) is 11.1 Å². The van der Waals surface area contributed by atoms with E-state index in [0.29, 0.717) is 5.56 Å². The monoisotopic (exact) mass is 282 g/mol. The predicted octanol–water partition coefficient (Wildman–Crippen LogP) is 2.70. The molecule has 0 bridgehead atoms. The summed E-state index contributed by atoms with van der Waals surface area (Å²) in [4.78, 5) is 12.2. The molecule has 21 heavy (non-hydrogen) atoms. The number of benzene rings is 2. The molecule has 1 amide bonds. The largest absolute Gasteiger partial charge is 0.320 e. The van der Waals surface area contributed by atoms with E-state index in [-0.39, 0.29) is 18.1 Å². The average molecular weight is 282 g/mol. The van der Waals surface area contributed by atoms with Crippen molar-refractivity contribution >= 4 is 11.6 Å². The van der Waals surface area contributed by atoms with Crippen molar-refractivity contribution in [2.24, 2.45) is 5.73 Å². The lowest BCUT2D eigenvalue weighted by atomic mass is 10.0. The first-order valence-corrected chi connectivity index (χ1v) is 6.47. The number of nitrogens with two attached hydrogens (primary N) is 1. The van der Waals surface area contributed by atoms with Crippen LogP contribution in [-0.2, 0) is 0 Å². The van der Waals surface area contributed by atoms with Crippen LogP contribution in [0.3, 0.4) is 0 Å². The van der Waals surface area contributed by atoms with Crippen LogP contribution in [0.4, 0.5) is 10.1 Å². The third-order valence-corrected chi connectivity index (χ3v) is 2.95. The summed E-state index contributed by atoms with van der Waals surface area (Å²) in [5.41, 5.74) is 7.62. The van der Waals surface area contributed by atoms with E-state index >= 15 is 0 Å². The fourth-order valence-corrected chi connectivity index (χ4v) is 1.80. The minimum absolute atomic E-state index is 0.151. The Morgan fingerprint density at radius 2 is 2.05 bits per heavy atom. The first-order valence-electron chi connectivity index (χ1n) is 6.47. The lowest BCUT2D eigenvalue weighted by molar-refractivity contribution is 0.102. The van der Waals surface area contributed by atoms with E-state index in [9.17, 15) is 9.18 Å². The fraction of sp³-hybridized carbons (Fsp3) is 0.118. The molecular formula is C17H15FN2O. The molecule has 0 saturated heterocycles. The van der Waals surface area contributed by atoms with Crippen molar-refractivity contribution in [3.63, 3.8) is 0 Å². The number of para-hydroxylation sites is 1. The van der Waals surface area contributed by atoms with Gasteiger partial charge in [0.05, 0.1) is 12.2 Å². The van der Waals surface area contributed by atoms with E-state index in [2.05, 4.69) is 17.2 Å². The number of carbonyl (C=O) groups excluding carboxylic acids is 1. The summed E-state index contributed by atoms with van der Waals surface area (Å²) < 4.78 is 13.5. The lowest BCUT2D eigenvalue weighted by Gasteiger charge is -2.07. The molecule has 106 valence electrons. The number of anilines is 1. The summed E-state index contributed by atoms with van der Waals surface area (Å²) in [6.45, 7) is 2.16. The van der Waals surface area contributed by atoms with Crippen molar-refractivity contribution in [2.45, 2.75) is 6.92 Å². The van der Waals surface area contributed by atoms with Crippen molar-refractivity contribution in [1.29, 1.82) is 0 Å². The van der Waals surface area contributed by atoms with Crippen molar-refractivity contribution in [3.05, 3.63) is 65.0 Å². The minimum atomic E-state index is -0.471. The molecule has 0 aromatic heterocycles. The number of hydrogen-bond donors (Lipinski definition) is 2. The number of aryl methyl sites for hydroxylation is 1. The molecule has 0 radical (unpaired) electrons. The molecule has 2 aromatic carbocycles. The van der Waals surface area contributed by atoms with Crippen LogP contribution in [0.2, 0.25) is 0 Å². The van der Waals surface area contributed by atoms with Gasteiger partial charge in [-0.25, -0.2) is 4.39 Å². The molecule has 3 nitrogen and oxygen atoms in total. The summed E-state index contributed by atoms with van der Waals surface area (Å²) in [6.07, 6.45) is 0. The Kier molecular flexibility index (Phi) is 4.70. The number of rotatable bonds is 2. The fourth-order valence-electron chi connectivity index (χ4n) is 1.80. The first kappa shape index (κ1) is 14.8. The van der Waals surface area contributed by atoms with Gasteiger partial charge < -0.3 is 11.1 Å². The summed E-state index contributed by atoms with van der Waals surface area (Å²) in [5, 5.41) is 2.54. The van der Waals surface area contributed by atoms with Gasteiger partial charge in [0.2, 0.25) is 0 Å². The van der Waals surface area contributed by atoms with Gasteiger partial charge in [0.1, 0.15) is 5.82 Å². The zero-order valence-electron chi connectivity index (χ0n) is 11.6. The Morgan fingerprint density at radius 1 is 1.29 bits per heavy atom.